The van der Waals surface area contributed by atoms with Gasteiger partial charge in [-0.05, 0) is 61.4 Å². The Morgan fingerprint density at radius 1 is 0.921 bits per heavy atom. The molecule has 1 N–H and O–H groups in total. The van der Waals surface area contributed by atoms with Gasteiger partial charge in [-0.2, -0.15) is 0 Å². The van der Waals surface area contributed by atoms with Crippen molar-refractivity contribution in [3.05, 3.63) is 60.0 Å². The zero-order valence-corrected chi connectivity index (χ0v) is 22.6. The normalized spacial score (nSPS) is 14.2. The highest BCUT2D eigenvalue weighted by molar-refractivity contribution is 7.89. The molecule has 4 rings (SSSR count). The summed E-state index contributed by atoms with van der Waals surface area (Å²) in [6.07, 6.45) is 4.45. The summed E-state index contributed by atoms with van der Waals surface area (Å²) < 4.78 is 35.9. The number of anilines is 1. The van der Waals surface area contributed by atoms with Gasteiger partial charge in [-0.3, -0.25) is 14.7 Å². The van der Waals surface area contributed by atoms with Crippen LogP contribution in [0.15, 0.2) is 48.8 Å². The van der Waals surface area contributed by atoms with E-state index in [-0.39, 0.29) is 5.69 Å². The fraction of sp³-hybridized carbons (Fsp3) is 0.385. The molecule has 0 saturated carbocycles. The molecule has 0 atom stereocenters. The number of aromatic nitrogens is 3. The minimum atomic E-state index is -3.66. The summed E-state index contributed by atoms with van der Waals surface area (Å²) in [5.74, 6) is 1.39. The average molecular weight is 541 g/mol. The van der Waals surface area contributed by atoms with Crippen molar-refractivity contribution in [2.75, 3.05) is 50.5 Å². The highest BCUT2D eigenvalue weighted by Crippen LogP contribution is 2.29. The molecule has 0 bridgehead atoms. The van der Waals surface area contributed by atoms with E-state index < -0.39 is 15.9 Å². The third-order valence-electron chi connectivity index (χ3n) is 5.90. The van der Waals surface area contributed by atoms with E-state index in [1.165, 1.54) is 6.07 Å². The van der Waals surface area contributed by atoms with E-state index in [9.17, 15) is 13.2 Å². The first-order chi connectivity index (χ1) is 18.2. The molecule has 0 aliphatic carbocycles. The summed E-state index contributed by atoms with van der Waals surface area (Å²) in [5.41, 5.74) is 3.08. The lowest BCUT2D eigenvalue weighted by Crippen LogP contribution is -2.46. The number of hydrogen-bond donors (Lipinski definition) is 1. The van der Waals surface area contributed by atoms with Gasteiger partial charge in [0, 0.05) is 44.5 Å². The molecular weight excluding hydrogens is 508 g/mol. The summed E-state index contributed by atoms with van der Waals surface area (Å²) in [4.78, 5) is 20.7. The second-order valence-corrected chi connectivity index (χ2v) is 10.6. The van der Waals surface area contributed by atoms with Crippen LogP contribution >= 0.6 is 0 Å². The molecule has 2 aromatic heterocycles. The van der Waals surface area contributed by atoms with Gasteiger partial charge in [0.25, 0.3) is 5.91 Å². The standard InChI is InChI=1S/C26H32N6O5S/c1-4-36-22-13-19(12-20(14-22)21-15-23(37-5-2)17-27-16-21)18-31-8-10-32(11-9-31)25-7-6-24(28-29-25)26(33)30-38(3,34)35/h6-7,12-17H,4-5,8-11,18H2,1-3H3,(H,30,33). The topological polar surface area (TPSA) is 127 Å². The second-order valence-electron chi connectivity index (χ2n) is 8.88. The molecule has 1 saturated heterocycles. The van der Waals surface area contributed by atoms with Gasteiger partial charge in [0.1, 0.15) is 11.5 Å². The van der Waals surface area contributed by atoms with Gasteiger partial charge in [0.2, 0.25) is 10.0 Å². The van der Waals surface area contributed by atoms with Crippen LogP contribution in [0, 0.1) is 0 Å². The van der Waals surface area contributed by atoms with Gasteiger partial charge in [-0.15, -0.1) is 10.2 Å². The van der Waals surface area contributed by atoms with Gasteiger partial charge in [0.15, 0.2) is 11.5 Å². The highest BCUT2D eigenvalue weighted by atomic mass is 32.2. The van der Waals surface area contributed by atoms with Crippen LogP contribution in [0.25, 0.3) is 11.1 Å². The first kappa shape index (κ1) is 27.3. The molecule has 38 heavy (non-hydrogen) atoms. The Hall–Kier alpha value is -3.77. The summed E-state index contributed by atoms with van der Waals surface area (Å²) in [6.45, 7) is 8.93. The largest absolute Gasteiger partial charge is 0.494 e. The molecule has 3 aromatic rings. The number of pyridine rings is 1. The Kier molecular flexibility index (Phi) is 8.74. The quantitative estimate of drug-likeness (QED) is 0.409. The van der Waals surface area contributed by atoms with Crippen molar-refractivity contribution >= 4 is 21.7 Å². The summed E-state index contributed by atoms with van der Waals surface area (Å²) in [7, 11) is -3.66. The van der Waals surface area contributed by atoms with Gasteiger partial charge in [0.05, 0.1) is 25.7 Å². The molecule has 1 aromatic carbocycles. The van der Waals surface area contributed by atoms with Crippen molar-refractivity contribution in [1.82, 2.24) is 24.8 Å². The Labute approximate surface area is 222 Å². The van der Waals surface area contributed by atoms with Crippen LogP contribution in [0.5, 0.6) is 11.5 Å². The van der Waals surface area contributed by atoms with E-state index >= 15 is 0 Å². The van der Waals surface area contributed by atoms with Crippen LogP contribution in [0.2, 0.25) is 0 Å². The number of benzene rings is 1. The van der Waals surface area contributed by atoms with Crippen LogP contribution < -0.4 is 19.1 Å². The fourth-order valence-corrected chi connectivity index (χ4v) is 4.66. The SMILES string of the molecule is CCOc1cncc(-c2cc(CN3CCN(c4ccc(C(=O)NS(C)(=O)=O)nn4)CC3)cc(OCC)c2)c1. The van der Waals surface area contributed by atoms with E-state index in [1.54, 1.807) is 12.3 Å². The second kappa shape index (κ2) is 12.2. The third kappa shape index (κ3) is 7.39. The smallest absolute Gasteiger partial charge is 0.285 e. The third-order valence-corrected chi connectivity index (χ3v) is 6.45. The molecule has 1 amide bonds. The minimum Gasteiger partial charge on any atom is -0.494 e. The predicted octanol–water partition coefficient (Wildman–Crippen LogP) is 2.35. The molecule has 11 nitrogen and oxygen atoms in total. The highest BCUT2D eigenvalue weighted by Gasteiger charge is 2.20. The Balaban J connectivity index is 1.41. The van der Waals surface area contributed by atoms with Crippen LogP contribution in [0.3, 0.4) is 0 Å². The number of nitrogens with zero attached hydrogens (tertiary/aromatic N) is 5. The number of hydrogen-bond acceptors (Lipinski definition) is 10. The number of amides is 1. The maximum atomic E-state index is 12.0. The number of nitrogens with one attached hydrogen (secondary N) is 1. The number of sulfonamides is 1. The zero-order chi connectivity index (χ0) is 27.1. The lowest BCUT2D eigenvalue weighted by molar-refractivity contribution is 0.0976. The summed E-state index contributed by atoms with van der Waals surface area (Å²) >= 11 is 0. The maximum Gasteiger partial charge on any atom is 0.285 e. The Morgan fingerprint density at radius 3 is 2.29 bits per heavy atom. The minimum absolute atomic E-state index is 0.0511. The molecule has 1 aliphatic heterocycles. The lowest BCUT2D eigenvalue weighted by atomic mass is 10.0. The van der Waals surface area contributed by atoms with Crippen LogP contribution in [-0.4, -0.2) is 80.1 Å². The molecule has 0 spiro atoms. The van der Waals surface area contributed by atoms with Crippen molar-refractivity contribution in [2.45, 2.75) is 20.4 Å². The van der Waals surface area contributed by atoms with Crippen LogP contribution in [0.4, 0.5) is 5.82 Å². The van der Waals surface area contributed by atoms with Crippen molar-refractivity contribution in [2.24, 2.45) is 0 Å². The van der Waals surface area contributed by atoms with Gasteiger partial charge in [-0.1, -0.05) is 0 Å². The first-order valence-corrected chi connectivity index (χ1v) is 14.3. The van der Waals surface area contributed by atoms with Crippen molar-refractivity contribution in [3.8, 4) is 22.6 Å². The van der Waals surface area contributed by atoms with E-state index in [0.29, 0.717) is 19.0 Å². The van der Waals surface area contributed by atoms with Gasteiger partial charge in [-0.25, -0.2) is 13.1 Å². The van der Waals surface area contributed by atoms with Gasteiger partial charge >= 0.3 is 0 Å². The molecule has 202 valence electrons. The average Bonchev–Trinajstić information content (AvgIpc) is 2.89. The number of piperazine rings is 1. The zero-order valence-electron chi connectivity index (χ0n) is 21.8. The van der Waals surface area contributed by atoms with Crippen molar-refractivity contribution < 1.29 is 22.7 Å². The van der Waals surface area contributed by atoms with E-state index in [4.69, 9.17) is 9.47 Å². The number of carbonyl (C=O) groups is 1. The molecule has 3 heterocycles. The Morgan fingerprint density at radius 2 is 1.63 bits per heavy atom. The van der Waals surface area contributed by atoms with E-state index in [1.807, 2.05) is 36.9 Å². The fourth-order valence-electron chi connectivity index (χ4n) is 4.22. The van der Waals surface area contributed by atoms with Crippen molar-refractivity contribution in [3.63, 3.8) is 0 Å². The monoisotopic (exact) mass is 540 g/mol. The molecule has 0 unspecified atom stereocenters. The maximum absolute atomic E-state index is 12.0. The predicted molar refractivity (Wildman–Crippen MR) is 144 cm³/mol. The summed E-state index contributed by atoms with van der Waals surface area (Å²) in [5, 5.41) is 8.03. The van der Waals surface area contributed by atoms with E-state index in [0.717, 1.165) is 67.2 Å². The molecule has 1 aliphatic rings. The number of rotatable bonds is 10. The molecule has 12 heteroatoms. The Bertz CT molecular complexity index is 1360. The van der Waals surface area contributed by atoms with Crippen LogP contribution in [-0.2, 0) is 16.6 Å². The number of carbonyl (C=O) groups excluding carboxylic acids is 1. The molecular formula is C26H32N6O5S. The van der Waals surface area contributed by atoms with Crippen molar-refractivity contribution in [1.29, 1.82) is 0 Å². The lowest BCUT2D eigenvalue weighted by Gasteiger charge is -2.35. The molecule has 0 radical (unpaired) electrons. The van der Waals surface area contributed by atoms with E-state index in [2.05, 4.69) is 37.1 Å². The number of ether oxygens (including phenoxy) is 2. The summed E-state index contributed by atoms with van der Waals surface area (Å²) in [6, 6.07) is 11.4. The van der Waals surface area contributed by atoms with Gasteiger partial charge < -0.3 is 14.4 Å². The van der Waals surface area contributed by atoms with Crippen LogP contribution in [0.1, 0.15) is 29.9 Å². The first-order valence-electron chi connectivity index (χ1n) is 12.4. The molecule has 1 fully saturated rings.